The second-order valence-electron chi connectivity index (χ2n) is 8.79. The van der Waals surface area contributed by atoms with Crippen LogP contribution in [0.2, 0.25) is 5.02 Å². The van der Waals surface area contributed by atoms with Crippen LogP contribution in [-0.2, 0) is 16.1 Å². The third-order valence-electron chi connectivity index (χ3n) is 6.76. The fraction of sp³-hybridized carbons (Fsp3) is 0.478. The third-order valence-corrected chi connectivity index (χ3v) is 7.13. The minimum absolute atomic E-state index is 0.0430. The minimum atomic E-state index is -0.182. The molecule has 2 aliphatic rings. The van der Waals surface area contributed by atoms with Crippen LogP contribution in [0.4, 0.5) is 10.5 Å². The van der Waals surface area contributed by atoms with E-state index in [1.54, 1.807) is 20.2 Å². The lowest BCUT2D eigenvalue weighted by molar-refractivity contribution is -0.131. The summed E-state index contributed by atoms with van der Waals surface area (Å²) in [5.74, 6) is 0.631. The van der Waals surface area contributed by atoms with E-state index in [0.717, 1.165) is 18.4 Å². The SMILES string of the molecule is CC(=O)N(C)c1cnn(C(=O)N2C[C@H]3CC(N(Cc4ccccc4Cl)C(C)=O)C[C@@H]3C2)c1. The molecular weight excluding hydrogens is 430 g/mol. The summed E-state index contributed by atoms with van der Waals surface area (Å²) in [4.78, 5) is 42.1. The van der Waals surface area contributed by atoms with Crippen molar-refractivity contribution in [2.45, 2.75) is 39.3 Å². The Bertz CT molecular complexity index is 1020. The molecule has 2 aromatic rings. The fourth-order valence-corrected chi connectivity index (χ4v) is 5.10. The van der Waals surface area contributed by atoms with Gasteiger partial charge in [0.25, 0.3) is 0 Å². The number of amides is 3. The zero-order valence-electron chi connectivity index (χ0n) is 18.6. The Labute approximate surface area is 192 Å². The van der Waals surface area contributed by atoms with Gasteiger partial charge >= 0.3 is 6.03 Å². The van der Waals surface area contributed by atoms with Gasteiger partial charge in [-0.1, -0.05) is 29.8 Å². The number of rotatable bonds is 4. The summed E-state index contributed by atoms with van der Waals surface area (Å²) in [5.41, 5.74) is 1.53. The highest BCUT2D eigenvalue weighted by atomic mass is 35.5. The molecule has 1 aromatic heterocycles. The maximum atomic E-state index is 12.9. The van der Waals surface area contributed by atoms with E-state index in [0.29, 0.717) is 42.2 Å². The number of aromatic nitrogens is 2. The van der Waals surface area contributed by atoms with Gasteiger partial charge in [0, 0.05) is 51.6 Å². The van der Waals surface area contributed by atoms with Crippen LogP contribution in [0, 0.1) is 11.8 Å². The molecule has 1 saturated carbocycles. The number of fused-ring (bicyclic) bond motifs is 1. The van der Waals surface area contributed by atoms with Gasteiger partial charge in [-0.3, -0.25) is 9.59 Å². The molecule has 1 aliphatic carbocycles. The minimum Gasteiger partial charge on any atom is -0.336 e. The molecule has 32 heavy (non-hydrogen) atoms. The van der Waals surface area contributed by atoms with Crippen LogP contribution in [0.1, 0.15) is 32.3 Å². The highest BCUT2D eigenvalue weighted by Crippen LogP contribution is 2.41. The first kappa shape index (κ1) is 22.3. The topological polar surface area (TPSA) is 78.8 Å². The normalized spacial score (nSPS) is 20.3. The molecule has 2 atom stereocenters. The predicted octanol–water partition coefficient (Wildman–Crippen LogP) is 3.25. The van der Waals surface area contributed by atoms with Gasteiger partial charge in [-0.2, -0.15) is 9.78 Å². The average Bonchev–Trinajstić information content (AvgIpc) is 3.46. The summed E-state index contributed by atoms with van der Waals surface area (Å²) in [7, 11) is 1.65. The number of hydrogen-bond donors (Lipinski definition) is 0. The Balaban J connectivity index is 1.39. The number of nitrogens with zero attached hydrogens (tertiary/aromatic N) is 5. The molecule has 0 N–H and O–H groups in total. The van der Waals surface area contributed by atoms with Gasteiger partial charge in [0.15, 0.2) is 0 Å². The zero-order chi connectivity index (χ0) is 23.0. The maximum Gasteiger partial charge on any atom is 0.344 e. The smallest absolute Gasteiger partial charge is 0.336 e. The van der Waals surface area contributed by atoms with Crippen molar-refractivity contribution in [3.8, 4) is 0 Å². The van der Waals surface area contributed by atoms with Crippen LogP contribution < -0.4 is 4.90 Å². The van der Waals surface area contributed by atoms with Crippen LogP contribution in [-0.4, -0.2) is 63.6 Å². The van der Waals surface area contributed by atoms with Crippen LogP contribution in [0.15, 0.2) is 36.7 Å². The summed E-state index contributed by atoms with van der Waals surface area (Å²) in [6.45, 7) is 4.87. The van der Waals surface area contributed by atoms with E-state index in [1.165, 1.54) is 22.7 Å². The Morgan fingerprint density at radius 3 is 2.34 bits per heavy atom. The van der Waals surface area contributed by atoms with Crippen molar-refractivity contribution in [3.63, 3.8) is 0 Å². The molecular formula is C23H28ClN5O3. The number of hydrogen-bond acceptors (Lipinski definition) is 4. The summed E-state index contributed by atoms with van der Waals surface area (Å²) in [5, 5.41) is 4.81. The largest absolute Gasteiger partial charge is 0.344 e. The quantitative estimate of drug-likeness (QED) is 0.706. The molecule has 2 heterocycles. The highest BCUT2D eigenvalue weighted by Gasteiger charge is 2.45. The van der Waals surface area contributed by atoms with E-state index in [4.69, 9.17) is 11.6 Å². The molecule has 0 unspecified atom stereocenters. The number of likely N-dealkylation sites (tertiary alicyclic amines) is 1. The molecule has 1 aliphatic heterocycles. The summed E-state index contributed by atoms with van der Waals surface area (Å²) < 4.78 is 1.30. The molecule has 0 spiro atoms. The van der Waals surface area contributed by atoms with E-state index in [2.05, 4.69) is 5.10 Å². The first-order chi connectivity index (χ1) is 15.2. The maximum absolute atomic E-state index is 12.9. The molecule has 2 fully saturated rings. The van der Waals surface area contributed by atoms with Gasteiger partial charge in [-0.15, -0.1) is 0 Å². The van der Waals surface area contributed by atoms with Crippen molar-refractivity contribution < 1.29 is 14.4 Å². The Morgan fingerprint density at radius 2 is 1.75 bits per heavy atom. The monoisotopic (exact) mass is 457 g/mol. The Hall–Kier alpha value is -2.87. The van der Waals surface area contributed by atoms with Gasteiger partial charge < -0.3 is 14.7 Å². The molecule has 8 nitrogen and oxygen atoms in total. The second-order valence-corrected chi connectivity index (χ2v) is 9.20. The Morgan fingerprint density at radius 1 is 1.09 bits per heavy atom. The summed E-state index contributed by atoms with van der Waals surface area (Å²) in [6.07, 6.45) is 4.85. The van der Waals surface area contributed by atoms with Crippen molar-refractivity contribution in [3.05, 3.63) is 47.2 Å². The van der Waals surface area contributed by atoms with Crippen LogP contribution in [0.3, 0.4) is 0 Å². The lowest BCUT2D eigenvalue weighted by atomic mass is 10.0. The lowest BCUT2D eigenvalue weighted by Crippen LogP contribution is -2.39. The number of anilines is 1. The van der Waals surface area contributed by atoms with Crippen molar-refractivity contribution in [1.82, 2.24) is 19.6 Å². The number of carbonyl (C=O) groups excluding carboxylic acids is 3. The van der Waals surface area contributed by atoms with Gasteiger partial charge in [-0.25, -0.2) is 4.79 Å². The van der Waals surface area contributed by atoms with E-state index in [1.807, 2.05) is 34.1 Å². The van der Waals surface area contributed by atoms with Gasteiger partial charge in [0.05, 0.1) is 18.1 Å². The van der Waals surface area contributed by atoms with E-state index in [9.17, 15) is 14.4 Å². The second kappa shape index (κ2) is 8.94. The number of benzene rings is 1. The highest BCUT2D eigenvalue weighted by molar-refractivity contribution is 6.31. The van der Waals surface area contributed by atoms with Crippen LogP contribution in [0.5, 0.6) is 0 Å². The first-order valence-electron chi connectivity index (χ1n) is 10.8. The molecule has 1 saturated heterocycles. The molecule has 170 valence electrons. The molecule has 0 radical (unpaired) electrons. The van der Waals surface area contributed by atoms with E-state index < -0.39 is 0 Å². The van der Waals surface area contributed by atoms with Crippen molar-refractivity contribution in [2.24, 2.45) is 11.8 Å². The predicted molar refractivity (Wildman–Crippen MR) is 121 cm³/mol. The van der Waals surface area contributed by atoms with Gasteiger partial charge in [0.2, 0.25) is 11.8 Å². The number of halogens is 1. The average molecular weight is 458 g/mol. The van der Waals surface area contributed by atoms with Crippen molar-refractivity contribution in [1.29, 1.82) is 0 Å². The lowest BCUT2D eigenvalue weighted by Gasteiger charge is -2.30. The van der Waals surface area contributed by atoms with E-state index in [-0.39, 0.29) is 23.9 Å². The number of carbonyl (C=O) groups is 3. The standard InChI is InChI=1S/C23H28ClN5O3/c1-15(30)26(3)21-10-25-29(14-21)23(32)27-11-18-8-20(9-19(18)12-27)28(16(2)31)13-17-6-4-5-7-22(17)24/h4-7,10,14,18-20H,8-9,11-13H2,1-3H3/t18-,19-/m1/s1. The summed E-state index contributed by atoms with van der Waals surface area (Å²) >= 11 is 6.31. The molecule has 4 rings (SSSR count). The van der Waals surface area contributed by atoms with Crippen LogP contribution in [0.25, 0.3) is 0 Å². The first-order valence-corrected chi connectivity index (χ1v) is 11.2. The summed E-state index contributed by atoms with van der Waals surface area (Å²) in [6, 6.07) is 7.58. The van der Waals surface area contributed by atoms with Gasteiger partial charge in [0.1, 0.15) is 0 Å². The van der Waals surface area contributed by atoms with Gasteiger partial charge in [-0.05, 0) is 36.3 Å². The van der Waals surface area contributed by atoms with E-state index >= 15 is 0 Å². The molecule has 3 amide bonds. The van der Waals surface area contributed by atoms with Crippen molar-refractivity contribution in [2.75, 3.05) is 25.0 Å². The van der Waals surface area contributed by atoms with Crippen molar-refractivity contribution >= 4 is 35.1 Å². The third kappa shape index (κ3) is 4.37. The molecule has 9 heteroatoms. The molecule has 1 aromatic carbocycles. The molecule has 0 bridgehead atoms. The van der Waals surface area contributed by atoms with Crippen LogP contribution >= 0.6 is 11.6 Å². The Kier molecular flexibility index (Phi) is 6.24. The zero-order valence-corrected chi connectivity index (χ0v) is 19.3. The fourth-order valence-electron chi connectivity index (χ4n) is 4.90.